The van der Waals surface area contributed by atoms with Crippen LogP contribution in [-0.2, 0) is 9.59 Å². The standard InChI is InChI=1S/C14H15ClFNO4/c1-2-3-4-12(14(19)20)17-13(18)8-21-9-5-6-11(16)10(15)7-9/h2,5-7,12H,1,3-4,8H2,(H,17,18)(H,19,20). The monoisotopic (exact) mass is 315 g/mol. The highest BCUT2D eigenvalue weighted by molar-refractivity contribution is 6.30. The van der Waals surface area contributed by atoms with Gasteiger partial charge in [0.2, 0.25) is 0 Å². The molecule has 114 valence electrons. The third-order valence-electron chi connectivity index (χ3n) is 2.55. The number of benzene rings is 1. The Balaban J connectivity index is 2.50. The first kappa shape index (κ1) is 17.0. The second kappa shape index (κ2) is 8.26. The van der Waals surface area contributed by atoms with Crippen LogP contribution in [0.2, 0.25) is 5.02 Å². The maximum Gasteiger partial charge on any atom is 0.326 e. The first-order chi connectivity index (χ1) is 9.93. The minimum Gasteiger partial charge on any atom is -0.484 e. The maximum atomic E-state index is 12.9. The Hall–Kier alpha value is -2.08. The molecule has 2 N–H and O–H groups in total. The van der Waals surface area contributed by atoms with Crippen LogP contribution in [0.3, 0.4) is 0 Å². The molecule has 0 aromatic heterocycles. The molecular formula is C14H15ClFNO4. The summed E-state index contributed by atoms with van der Waals surface area (Å²) in [6, 6.07) is 2.66. The molecule has 0 bridgehead atoms. The number of carboxylic acids is 1. The zero-order chi connectivity index (χ0) is 15.8. The van der Waals surface area contributed by atoms with Crippen LogP contribution in [0.15, 0.2) is 30.9 Å². The van der Waals surface area contributed by atoms with Crippen molar-refractivity contribution < 1.29 is 23.8 Å². The van der Waals surface area contributed by atoms with Gasteiger partial charge in [0, 0.05) is 6.07 Å². The molecule has 0 aliphatic heterocycles. The van der Waals surface area contributed by atoms with Gasteiger partial charge >= 0.3 is 5.97 Å². The number of halogens is 2. The SMILES string of the molecule is C=CCCC(NC(=O)COc1ccc(F)c(Cl)c1)C(=O)O. The fourth-order valence-corrected chi connectivity index (χ4v) is 1.66. The second-order valence-electron chi connectivity index (χ2n) is 4.19. The zero-order valence-electron chi connectivity index (χ0n) is 11.1. The van der Waals surface area contributed by atoms with Gasteiger partial charge in [0.25, 0.3) is 5.91 Å². The molecule has 0 heterocycles. The van der Waals surface area contributed by atoms with Gasteiger partial charge in [0.15, 0.2) is 6.61 Å². The molecule has 1 rings (SSSR count). The lowest BCUT2D eigenvalue weighted by atomic mass is 10.1. The number of hydrogen-bond donors (Lipinski definition) is 2. The third-order valence-corrected chi connectivity index (χ3v) is 2.84. The van der Waals surface area contributed by atoms with E-state index in [0.29, 0.717) is 6.42 Å². The number of ether oxygens (including phenoxy) is 1. The van der Waals surface area contributed by atoms with Crippen LogP contribution >= 0.6 is 11.6 Å². The summed E-state index contributed by atoms with van der Waals surface area (Å²) in [5.41, 5.74) is 0. The smallest absolute Gasteiger partial charge is 0.326 e. The summed E-state index contributed by atoms with van der Waals surface area (Å²) in [6.45, 7) is 3.10. The van der Waals surface area contributed by atoms with Gasteiger partial charge in [-0.05, 0) is 25.0 Å². The highest BCUT2D eigenvalue weighted by Crippen LogP contribution is 2.20. The zero-order valence-corrected chi connectivity index (χ0v) is 11.9. The Morgan fingerprint density at radius 3 is 2.81 bits per heavy atom. The van der Waals surface area contributed by atoms with E-state index in [9.17, 15) is 14.0 Å². The van der Waals surface area contributed by atoms with Crippen molar-refractivity contribution in [2.45, 2.75) is 18.9 Å². The predicted octanol–water partition coefficient (Wildman–Crippen LogP) is 2.39. The van der Waals surface area contributed by atoms with Crippen LogP contribution in [0.4, 0.5) is 4.39 Å². The van der Waals surface area contributed by atoms with E-state index < -0.39 is 23.7 Å². The molecule has 0 saturated heterocycles. The molecule has 0 aliphatic carbocycles. The van der Waals surface area contributed by atoms with Gasteiger partial charge < -0.3 is 15.2 Å². The Kier molecular flexibility index (Phi) is 6.68. The van der Waals surface area contributed by atoms with Crippen molar-refractivity contribution in [1.82, 2.24) is 5.32 Å². The normalized spacial score (nSPS) is 11.5. The Bertz CT molecular complexity index is 536. The number of allylic oxidation sites excluding steroid dienone is 1. The lowest BCUT2D eigenvalue weighted by Crippen LogP contribution is -2.42. The molecule has 1 atom stereocenters. The van der Waals surface area contributed by atoms with E-state index in [-0.39, 0.29) is 23.8 Å². The van der Waals surface area contributed by atoms with E-state index in [1.165, 1.54) is 12.1 Å². The molecule has 0 radical (unpaired) electrons. The van der Waals surface area contributed by atoms with E-state index in [2.05, 4.69) is 11.9 Å². The van der Waals surface area contributed by atoms with Crippen molar-refractivity contribution in [3.63, 3.8) is 0 Å². The summed E-state index contributed by atoms with van der Waals surface area (Å²) in [5.74, 6) is -2.10. The molecule has 7 heteroatoms. The van der Waals surface area contributed by atoms with E-state index in [1.54, 1.807) is 6.08 Å². The summed E-state index contributed by atoms with van der Waals surface area (Å²) in [5, 5.41) is 11.2. The van der Waals surface area contributed by atoms with Crippen LogP contribution < -0.4 is 10.1 Å². The summed E-state index contributed by atoms with van der Waals surface area (Å²) in [7, 11) is 0. The van der Waals surface area contributed by atoms with E-state index in [4.69, 9.17) is 21.4 Å². The van der Waals surface area contributed by atoms with Crippen molar-refractivity contribution >= 4 is 23.5 Å². The van der Waals surface area contributed by atoms with Gasteiger partial charge in [-0.2, -0.15) is 0 Å². The number of carbonyl (C=O) groups is 2. The highest BCUT2D eigenvalue weighted by atomic mass is 35.5. The molecule has 21 heavy (non-hydrogen) atoms. The molecule has 0 saturated carbocycles. The topological polar surface area (TPSA) is 75.6 Å². The number of carbonyl (C=O) groups excluding carboxylic acids is 1. The van der Waals surface area contributed by atoms with Crippen LogP contribution in [0.5, 0.6) is 5.75 Å². The van der Waals surface area contributed by atoms with Gasteiger partial charge in [0.1, 0.15) is 17.6 Å². The molecule has 0 fully saturated rings. The fourth-order valence-electron chi connectivity index (χ4n) is 1.49. The van der Waals surface area contributed by atoms with Gasteiger partial charge in [-0.15, -0.1) is 6.58 Å². The molecule has 1 aromatic rings. The molecule has 5 nitrogen and oxygen atoms in total. The van der Waals surface area contributed by atoms with Crippen molar-refractivity contribution in [1.29, 1.82) is 0 Å². The Morgan fingerprint density at radius 1 is 1.52 bits per heavy atom. The van der Waals surface area contributed by atoms with Crippen molar-refractivity contribution in [2.75, 3.05) is 6.61 Å². The molecule has 0 spiro atoms. The summed E-state index contributed by atoms with van der Waals surface area (Å²) in [6.07, 6.45) is 2.28. The third kappa shape index (κ3) is 5.83. The Morgan fingerprint density at radius 2 is 2.24 bits per heavy atom. The molecule has 1 unspecified atom stereocenters. The number of nitrogens with one attached hydrogen (secondary N) is 1. The van der Waals surface area contributed by atoms with Crippen molar-refractivity contribution in [3.8, 4) is 5.75 Å². The van der Waals surface area contributed by atoms with Crippen LogP contribution in [0.1, 0.15) is 12.8 Å². The maximum absolute atomic E-state index is 12.9. The minimum absolute atomic E-state index is 0.123. The molecule has 1 aromatic carbocycles. The van der Waals surface area contributed by atoms with E-state index >= 15 is 0 Å². The number of aliphatic carboxylic acids is 1. The predicted molar refractivity (Wildman–Crippen MR) is 75.9 cm³/mol. The summed E-state index contributed by atoms with van der Waals surface area (Å²) < 4.78 is 18.0. The average Bonchev–Trinajstić information content (AvgIpc) is 2.44. The molecular weight excluding hydrogens is 301 g/mol. The number of amides is 1. The van der Waals surface area contributed by atoms with Crippen molar-refractivity contribution in [2.24, 2.45) is 0 Å². The summed E-state index contributed by atoms with van der Waals surface area (Å²) in [4.78, 5) is 22.6. The van der Waals surface area contributed by atoms with Gasteiger partial charge in [-0.25, -0.2) is 9.18 Å². The lowest BCUT2D eigenvalue weighted by Gasteiger charge is -2.14. The quantitative estimate of drug-likeness (QED) is 0.722. The lowest BCUT2D eigenvalue weighted by molar-refractivity contribution is -0.142. The van der Waals surface area contributed by atoms with Crippen LogP contribution in [-0.4, -0.2) is 29.6 Å². The first-order valence-electron chi connectivity index (χ1n) is 6.15. The summed E-state index contributed by atoms with van der Waals surface area (Å²) >= 11 is 5.57. The van der Waals surface area contributed by atoms with Crippen LogP contribution in [0, 0.1) is 5.82 Å². The van der Waals surface area contributed by atoms with E-state index in [0.717, 1.165) is 6.07 Å². The number of hydrogen-bond acceptors (Lipinski definition) is 3. The van der Waals surface area contributed by atoms with Crippen LogP contribution in [0.25, 0.3) is 0 Å². The van der Waals surface area contributed by atoms with Gasteiger partial charge in [-0.1, -0.05) is 17.7 Å². The second-order valence-corrected chi connectivity index (χ2v) is 4.60. The molecule has 0 aliphatic rings. The first-order valence-corrected chi connectivity index (χ1v) is 6.52. The largest absolute Gasteiger partial charge is 0.484 e. The minimum atomic E-state index is -1.13. The fraction of sp³-hybridized carbons (Fsp3) is 0.286. The van der Waals surface area contributed by atoms with Gasteiger partial charge in [0.05, 0.1) is 5.02 Å². The average molecular weight is 316 g/mol. The van der Waals surface area contributed by atoms with Gasteiger partial charge in [-0.3, -0.25) is 4.79 Å². The number of rotatable bonds is 8. The highest BCUT2D eigenvalue weighted by Gasteiger charge is 2.19. The van der Waals surface area contributed by atoms with E-state index in [1.807, 2.05) is 0 Å². The Labute approximate surface area is 126 Å². The molecule has 1 amide bonds. The van der Waals surface area contributed by atoms with Crippen molar-refractivity contribution in [3.05, 3.63) is 41.7 Å². The number of carboxylic acid groups (broad SMARTS) is 1.